The van der Waals surface area contributed by atoms with Gasteiger partial charge in [-0.25, -0.2) is 0 Å². The Morgan fingerprint density at radius 2 is 1.85 bits per heavy atom. The SMILES string of the molecule is Cc1cc(C(C)c2ccc(Cl)cc2)c(N)c([N+](=O)[O-])c1. The van der Waals surface area contributed by atoms with E-state index in [0.29, 0.717) is 5.02 Å². The van der Waals surface area contributed by atoms with Crippen molar-refractivity contribution < 1.29 is 4.92 Å². The Labute approximate surface area is 122 Å². The standard InChI is InChI=1S/C15H15ClN2O2/c1-9-7-13(15(17)14(8-9)18(19)20)10(2)11-3-5-12(16)6-4-11/h3-8,10H,17H2,1-2H3. The Morgan fingerprint density at radius 1 is 1.25 bits per heavy atom. The first-order chi connectivity index (χ1) is 9.40. The normalized spacial score (nSPS) is 12.2. The summed E-state index contributed by atoms with van der Waals surface area (Å²) in [6.45, 7) is 3.79. The number of nitro benzene ring substituents is 1. The van der Waals surface area contributed by atoms with Crippen LogP contribution in [0.1, 0.15) is 29.5 Å². The summed E-state index contributed by atoms with van der Waals surface area (Å²) in [4.78, 5) is 10.6. The van der Waals surface area contributed by atoms with Crippen molar-refractivity contribution in [3.05, 3.63) is 68.2 Å². The highest BCUT2D eigenvalue weighted by Gasteiger charge is 2.20. The van der Waals surface area contributed by atoms with Gasteiger partial charge in [-0.3, -0.25) is 10.1 Å². The molecule has 2 aromatic carbocycles. The third kappa shape index (κ3) is 2.75. The van der Waals surface area contributed by atoms with E-state index in [1.165, 1.54) is 6.07 Å². The average Bonchev–Trinajstić information content (AvgIpc) is 2.41. The lowest BCUT2D eigenvalue weighted by molar-refractivity contribution is -0.384. The van der Waals surface area contributed by atoms with Gasteiger partial charge in [0.2, 0.25) is 0 Å². The lowest BCUT2D eigenvalue weighted by Gasteiger charge is -2.16. The van der Waals surface area contributed by atoms with E-state index in [1.807, 2.05) is 32.0 Å². The van der Waals surface area contributed by atoms with E-state index in [1.54, 1.807) is 12.1 Å². The predicted octanol–water partition coefficient (Wildman–Crippen LogP) is 4.29. The van der Waals surface area contributed by atoms with Gasteiger partial charge in [0.15, 0.2) is 0 Å². The van der Waals surface area contributed by atoms with Gasteiger partial charge in [-0.15, -0.1) is 0 Å². The Morgan fingerprint density at radius 3 is 2.40 bits per heavy atom. The van der Waals surface area contributed by atoms with Crippen LogP contribution in [-0.4, -0.2) is 4.92 Å². The van der Waals surface area contributed by atoms with Gasteiger partial charge in [0.05, 0.1) is 4.92 Å². The second kappa shape index (κ2) is 5.51. The van der Waals surface area contributed by atoms with E-state index >= 15 is 0 Å². The molecule has 5 heteroatoms. The molecule has 0 aliphatic heterocycles. The minimum atomic E-state index is -0.444. The number of halogens is 1. The summed E-state index contributed by atoms with van der Waals surface area (Å²) in [5.41, 5.74) is 8.74. The first kappa shape index (κ1) is 14.3. The Bertz CT molecular complexity index is 654. The highest BCUT2D eigenvalue weighted by Crippen LogP contribution is 2.35. The molecule has 1 unspecified atom stereocenters. The predicted molar refractivity (Wildman–Crippen MR) is 81.2 cm³/mol. The molecule has 0 saturated heterocycles. The minimum absolute atomic E-state index is 0.0362. The summed E-state index contributed by atoms with van der Waals surface area (Å²) >= 11 is 5.87. The van der Waals surface area contributed by atoms with Gasteiger partial charge in [-0.05, 0) is 35.7 Å². The van der Waals surface area contributed by atoms with Crippen molar-refractivity contribution in [3.8, 4) is 0 Å². The zero-order valence-electron chi connectivity index (χ0n) is 11.3. The van der Waals surface area contributed by atoms with Gasteiger partial charge in [0.25, 0.3) is 5.69 Å². The summed E-state index contributed by atoms with van der Waals surface area (Å²) < 4.78 is 0. The largest absolute Gasteiger partial charge is 0.393 e. The molecule has 1 atom stereocenters. The number of hydrogen-bond acceptors (Lipinski definition) is 3. The summed E-state index contributed by atoms with van der Waals surface area (Å²) in [6, 6.07) is 10.8. The summed E-state index contributed by atoms with van der Waals surface area (Å²) in [7, 11) is 0. The van der Waals surface area contributed by atoms with Crippen LogP contribution in [0.5, 0.6) is 0 Å². The smallest absolute Gasteiger partial charge is 0.292 e. The lowest BCUT2D eigenvalue weighted by atomic mass is 9.90. The maximum absolute atomic E-state index is 11.0. The molecule has 0 aliphatic rings. The van der Waals surface area contributed by atoms with Crippen molar-refractivity contribution in [3.63, 3.8) is 0 Å². The van der Waals surface area contributed by atoms with E-state index in [0.717, 1.165) is 16.7 Å². The number of benzene rings is 2. The Hall–Kier alpha value is -2.07. The third-order valence-electron chi connectivity index (χ3n) is 3.37. The molecule has 0 saturated carbocycles. The van der Waals surface area contributed by atoms with Gasteiger partial charge >= 0.3 is 0 Å². The molecule has 2 rings (SSSR count). The van der Waals surface area contributed by atoms with Crippen LogP contribution in [0.15, 0.2) is 36.4 Å². The number of aryl methyl sites for hydroxylation is 1. The first-order valence-corrected chi connectivity index (χ1v) is 6.58. The Balaban J connectivity index is 2.51. The second-order valence-electron chi connectivity index (χ2n) is 4.82. The molecule has 0 heterocycles. The molecule has 104 valence electrons. The first-order valence-electron chi connectivity index (χ1n) is 6.20. The fraction of sp³-hybridized carbons (Fsp3) is 0.200. The highest BCUT2D eigenvalue weighted by molar-refractivity contribution is 6.30. The number of rotatable bonds is 3. The fourth-order valence-corrected chi connectivity index (χ4v) is 2.37. The number of nitrogens with two attached hydrogens (primary N) is 1. The van der Waals surface area contributed by atoms with E-state index in [-0.39, 0.29) is 17.3 Å². The Kier molecular flexibility index (Phi) is 3.95. The topological polar surface area (TPSA) is 69.2 Å². The molecule has 0 radical (unpaired) electrons. The molecular formula is C15H15ClN2O2. The zero-order chi connectivity index (χ0) is 14.9. The van der Waals surface area contributed by atoms with E-state index < -0.39 is 4.92 Å². The maximum Gasteiger partial charge on any atom is 0.292 e. The van der Waals surface area contributed by atoms with Crippen LogP contribution in [0.4, 0.5) is 11.4 Å². The molecule has 20 heavy (non-hydrogen) atoms. The van der Waals surface area contributed by atoms with Gasteiger partial charge in [0, 0.05) is 17.0 Å². The fourth-order valence-electron chi connectivity index (χ4n) is 2.25. The van der Waals surface area contributed by atoms with E-state index in [4.69, 9.17) is 17.3 Å². The molecule has 0 spiro atoms. The monoisotopic (exact) mass is 290 g/mol. The molecule has 0 aliphatic carbocycles. The molecular weight excluding hydrogens is 276 g/mol. The van der Waals surface area contributed by atoms with Crippen molar-refractivity contribution in [2.45, 2.75) is 19.8 Å². The highest BCUT2D eigenvalue weighted by atomic mass is 35.5. The van der Waals surface area contributed by atoms with Crippen molar-refractivity contribution in [1.82, 2.24) is 0 Å². The van der Waals surface area contributed by atoms with E-state index in [9.17, 15) is 10.1 Å². The van der Waals surface area contributed by atoms with Crippen LogP contribution >= 0.6 is 11.6 Å². The summed E-state index contributed by atoms with van der Waals surface area (Å²) in [5, 5.41) is 11.7. The van der Waals surface area contributed by atoms with Crippen molar-refractivity contribution in [2.24, 2.45) is 0 Å². The summed E-state index contributed by atoms with van der Waals surface area (Å²) in [6.07, 6.45) is 0. The molecule has 2 aromatic rings. The minimum Gasteiger partial charge on any atom is -0.393 e. The lowest BCUT2D eigenvalue weighted by Crippen LogP contribution is -2.05. The molecule has 0 amide bonds. The van der Waals surface area contributed by atoms with Crippen LogP contribution in [0, 0.1) is 17.0 Å². The quantitative estimate of drug-likeness (QED) is 0.521. The number of hydrogen-bond donors (Lipinski definition) is 1. The third-order valence-corrected chi connectivity index (χ3v) is 3.62. The number of nitro groups is 1. The number of nitrogens with zero attached hydrogens (tertiary/aromatic N) is 1. The van der Waals surface area contributed by atoms with Crippen molar-refractivity contribution >= 4 is 23.0 Å². The molecule has 4 nitrogen and oxygen atoms in total. The number of anilines is 1. The van der Waals surface area contributed by atoms with Crippen molar-refractivity contribution in [1.29, 1.82) is 0 Å². The van der Waals surface area contributed by atoms with Gasteiger partial charge in [0.1, 0.15) is 5.69 Å². The number of nitrogen functional groups attached to an aromatic ring is 1. The van der Waals surface area contributed by atoms with Crippen LogP contribution in [0.25, 0.3) is 0 Å². The van der Waals surface area contributed by atoms with Crippen LogP contribution in [0.3, 0.4) is 0 Å². The molecule has 0 bridgehead atoms. The molecule has 0 aromatic heterocycles. The van der Waals surface area contributed by atoms with Crippen molar-refractivity contribution in [2.75, 3.05) is 5.73 Å². The van der Waals surface area contributed by atoms with Crippen LogP contribution < -0.4 is 5.73 Å². The molecule has 2 N–H and O–H groups in total. The average molecular weight is 291 g/mol. The van der Waals surface area contributed by atoms with E-state index in [2.05, 4.69) is 0 Å². The van der Waals surface area contributed by atoms with Crippen LogP contribution in [0.2, 0.25) is 5.02 Å². The second-order valence-corrected chi connectivity index (χ2v) is 5.25. The summed E-state index contributed by atoms with van der Waals surface area (Å²) in [5.74, 6) is -0.0362. The zero-order valence-corrected chi connectivity index (χ0v) is 12.0. The van der Waals surface area contributed by atoms with Gasteiger partial charge in [-0.1, -0.05) is 36.7 Å². The molecule has 0 fully saturated rings. The van der Waals surface area contributed by atoms with Crippen LogP contribution in [-0.2, 0) is 0 Å². The van der Waals surface area contributed by atoms with Gasteiger partial charge < -0.3 is 5.73 Å². The maximum atomic E-state index is 11.0. The van der Waals surface area contributed by atoms with Gasteiger partial charge in [-0.2, -0.15) is 0 Å².